The van der Waals surface area contributed by atoms with Gasteiger partial charge in [-0.25, -0.2) is 8.42 Å². The normalized spacial score (nSPS) is 11.2. The zero-order valence-electron chi connectivity index (χ0n) is 9.51. The molecule has 0 bridgehead atoms. The Morgan fingerprint density at radius 3 is 2.12 bits per heavy atom. The minimum absolute atomic E-state index is 0.465. The molecule has 0 unspecified atom stereocenters. The van der Waals surface area contributed by atoms with Crippen LogP contribution in [0.2, 0.25) is 0 Å². The number of anilines is 1. The fourth-order valence-corrected chi connectivity index (χ4v) is 2.26. The van der Waals surface area contributed by atoms with Gasteiger partial charge in [-0.2, -0.15) is 5.26 Å². The molecule has 0 aliphatic carbocycles. The maximum atomic E-state index is 11.8. The van der Waals surface area contributed by atoms with E-state index in [2.05, 4.69) is 0 Å². The second-order valence-corrected chi connectivity index (χ2v) is 6.24. The molecule has 86 valence electrons. The molecule has 4 nitrogen and oxygen atoms in total. The molecule has 0 N–H and O–H groups in total. The molecule has 16 heavy (non-hydrogen) atoms. The van der Waals surface area contributed by atoms with Gasteiger partial charge in [-0.05, 0) is 38.1 Å². The highest BCUT2D eigenvalue weighted by molar-refractivity contribution is 7.93. The van der Waals surface area contributed by atoms with Gasteiger partial charge in [0.25, 0.3) is 0 Å². The van der Waals surface area contributed by atoms with Gasteiger partial charge in [-0.3, -0.25) is 4.31 Å². The second kappa shape index (κ2) is 4.54. The predicted molar refractivity (Wildman–Crippen MR) is 63.6 cm³/mol. The van der Waals surface area contributed by atoms with E-state index in [0.717, 1.165) is 0 Å². The molecule has 0 aliphatic heterocycles. The molecule has 0 fully saturated rings. The highest BCUT2D eigenvalue weighted by atomic mass is 32.2. The van der Waals surface area contributed by atoms with E-state index in [1.165, 1.54) is 11.4 Å². The number of nitrogens with zero attached hydrogens (tertiary/aromatic N) is 2. The first-order valence-electron chi connectivity index (χ1n) is 4.87. The molecular weight excluding hydrogens is 224 g/mol. The molecule has 0 aromatic heterocycles. The zero-order chi connectivity index (χ0) is 12.3. The summed E-state index contributed by atoms with van der Waals surface area (Å²) in [5, 5.41) is 8.17. The van der Waals surface area contributed by atoms with Gasteiger partial charge in [0, 0.05) is 7.05 Å². The van der Waals surface area contributed by atoms with Gasteiger partial charge in [-0.1, -0.05) is 0 Å². The van der Waals surface area contributed by atoms with Gasteiger partial charge in [0.1, 0.15) is 0 Å². The average molecular weight is 238 g/mol. The van der Waals surface area contributed by atoms with Crippen molar-refractivity contribution in [1.82, 2.24) is 0 Å². The van der Waals surface area contributed by atoms with Crippen LogP contribution in [0.1, 0.15) is 19.4 Å². The second-order valence-electron chi connectivity index (χ2n) is 3.72. The lowest BCUT2D eigenvalue weighted by atomic mass is 10.2. The van der Waals surface area contributed by atoms with Crippen LogP contribution in [0, 0.1) is 11.3 Å². The van der Waals surface area contributed by atoms with Gasteiger partial charge in [0.2, 0.25) is 10.0 Å². The molecule has 0 atom stereocenters. The van der Waals surface area contributed by atoms with Crippen molar-refractivity contribution < 1.29 is 8.42 Å². The number of hydrogen-bond acceptors (Lipinski definition) is 3. The van der Waals surface area contributed by atoms with Crippen LogP contribution in [0.15, 0.2) is 24.3 Å². The first kappa shape index (κ1) is 12.5. The Kier molecular flexibility index (Phi) is 3.55. The highest BCUT2D eigenvalue weighted by Crippen LogP contribution is 2.19. The molecular formula is C11H14N2O2S. The maximum absolute atomic E-state index is 11.8. The third-order valence-electron chi connectivity index (χ3n) is 2.34. The molecule has 1 aromatic carbocycles. The topological polar surface area (TPSA) is 61.2 Å². The van der Waals surface area contributed by atoms with Gasteiger partial charge in [0.15, 0.2) is 0 Å². The van der Waals surface area contributed by atoms with Gasteiger partial charge < -0.3 is 0 Å². The van der Waals surface area contributed by atoms with Crippen LogP contribution >= 0.6 is 0 Å². The van der Waals surface area contributed by atoms with Crippen molar-refractivity contribution in [3.8, 4) is 6.07 Å². The third-order valence-corrected chi connectivity index (χ3v) is 4.50. The van der Waals surface area contributed by atoms with Crippen molar-refractivity contribution in [3.63, 3.8) is 0 Å². The molecule has 1 rings (SSSR count). The first-order chi connectivity index (χ1) is 7.39. The Balaban J connectivity index is 3.07. The molecule has 0 heterocycles. The van der Waals surface area contributed by atoms with Crippen LogP contribution < -0.4 is 4.31 Å². The van der Waals surface area contributed by atoms with E-state index in [1.54, 1.807) is 38.1 Å². The van der Waals surface area contributed by atoms with Crippen molar-refractivity contribution >= 4 is 15.7 Å². The Bertz CT molecular complexity index is 498. The first-order valence-corrected chi connectivity index (χ1v) is 6.38. The molecule has 0 amide bonds. The van der Waals surface area contributed by atoms with Crippen LogP contribution in [-0.2, 0) is 10.0 Å². The lowest BCUT2D eigenvalue weighted by Gasteiger charge is -2.21. The fourth-order valence-electron chi connectivity index (χ4n) is 1.21. The monoisotopic (exact) mass is 238 g/mol. The van der Waals surface area contributed by atoms with E-state index in [4.69, 9.17) is 5.26 Å². The van der Waals surface area contributed by atoms with Crippen LogP contribution in [0.3, 0.4) is 0 Å². The average Bonchev–Trinajstić information content (AvgIpc) is 2.28. The lowest BCUT2D eigenvalue weighted by Crippen LogP contribution is -2.32. The number of rotatable bonds is 3. The van der Waals surface area contributed by atoms with E-state index in [0.29, 0.717) is 11.3 Å². The van der Waals surface area contributed by atoms with Crippen LogP contribution in [0.25, 0.3) is 0 Å². The quantitative estimate of drug-likeness (QED) is 0.805. The van der Waals surface area contributed by atoms with Crippen LogP contribution in [0.4, 0.5) is 5.69 Å². The van der Waals surface area contributed by atoms with E-state index in [9.17, 15) is 8.42 Å². The minimum atomic E-state index is -3.30. The SMILES string of the molecule is CC(C)S(=O)(=O)N(C)c1ccc(C#N)cc1. The highest BCUT2D eigenvalue weighted by Gasteiger charge is 2.22. The smallest absolute Gasteiger partial charge is 0.237 e. The van der Waals surface area contributed by atoms with Crippen molar-refractivity contribution in [2.45, 2.75) is 19.1 Å². The number of sulfonamides is 1. The lowest BCUT2D eigenvalue weighted by molar-refractivity contribution is 0.585. The number of hydrogen-bond donors (Lipinski definition) is 0. The molecule has 5 heteroatoms. The maximum Gasteiger partial charge on any atom is 0.237 e. The minimum Gasteiger partial charge on any atom is -0.273 e. The number of nitriles is 1. The summed E-state index contributed by atoms with van der Waals surface area (Å²) in [7, 11) is -1.79. The van der Waals surface area contributed by atoms with E-state index < -0.39 is 15.3 Å². The summed E-state index contributed by atoms with van der Waals surface area (Å²) < 4.78 is 24.9. The Labute approximate surface area is 96.2 Å². The van der Waals surface area contributed by atoms with Crippen LogP contribution in [0.5, 0.6) is 0 Å². The van der Waals surface area contributed by atoms with Crippen molar-refractivity contribution in [3.05, 3.63) is 29.8 Å². The van der Waals surface area contributed by atoms with Gasteiger partial charge in [-0.15, -0.1) is 0 Å². The third kappa shape index (κ3) is 2.34. The van der Waals surface area contributed by atoms with Crippen molar-refractivity contribution in [1.29, 1.82) is 5.26 Å². The summed E-state index contributed by atoms with van der Waals surface area (Å²) in [5.74, 6) is 0. The van der Waals surface area contributed by atoms with Gasteiger partial charge in [0.05, 0.1) is 22.6 Å². The Hall–Kier alpha value is -1.54. The summed E-state index contributed by atoms with van der Waals surface area (Å²) in [6.07, 6.45) is 0. The van der Waals surface area contributed by atoms with Crippen LogP contribution in [-0.4, -0.2) is 20.7 Å². The summed E-state index contributed by atoms with van der Waals surface area (Å²) >= 11 is 0. The summed E-state index contributed by atoms with van der Waals surface area (Å²) in [6.45, 7) is 3.27. The largest absolute Gasteiger partial charge is 0.273 e. The summed E-state index contributed by atoms with van der Waals surface area (Å²) in [5.41, 5.74) is 1.08. The van der Waals surface area contributed by atoms with Crippen molar-refractivity contribution in [2.75, 3.05) is 11.4 Å². The fraction of sp³-hybridized carbons (Fsp3) is 0.364. The molecule has 0 saturated carbocycles. The van der Waals surface area contributed by atoms with E-state index in [1.807, 2.05) is 6.07 Å². The molecule has 0 radical (unpaired) electrons. The number of benzene rings is 1. The Morgan fingerprint density at radius 1 is 1.25 bits per heavy atom. The van der Waals surface area contributed by atoms with E-state index in [-0.39, 0.29) is 0 Å². The zero-order valence-corrected chi connectivity index (χ0v) is 10.3. The molecule has 0 spiro atoms. The standard InChI is InChI=1S/C11H14N2O2S/c1-9(2)16(14,15)13(3)11-6-4-10(8-12)5-7-11/h4-7,9H,1-3H3. The molecule has 1 aromatic rings. The predicted octanol–water partition coefficient (Wildman–Crippen LogP) is 1.73. The molecule has 0 saturated heterocycles. The van der Waals surface area contributed by atoms with Gasteiger partial charge >= 0.3 is 0 Å². The van der Waals surface area contributed by atoms with E-state index >= 15 is 0 Å². The van der Waals surface area contributed by atoms with Crippen molar-refractivity contribution in [2.24, 2.45) is 0 Å². The Morgan fingerprint density at radius 2 is 1.75 bits per heavy atom. The summed E-state index contributed by atoms with van der Waals surface area (Å²) in [4.78, 5) is 0. The molecule has 0 aliphatic rings. The summed E-state index contributed by atoms with van der Waals surface area (Å²) in [6, 6.07) is 8.43.